The van der Waals surface area contributed by atoms with E-state index in [1.807, 2.05) is 12.1 Å². The fourth-order valence-corrected chi connectivity index (χ4v) is 0.404. The third-order valence-electron chi connectivity index (χ3n) is 1.45. The Labute approximate surface area is 51.2 Å². The molecule has 0 aromatic carbocycles. The Kier molecular flexibility index (Phi) is 3.24. The lowest BCUT2D eigenvalue weighted by molar-refractivity contribution is 0.267. The van der Waals surface area contributed by atoms with E-state index >= 15 is 0 Å². The smallest absolute Gasteiger partial charge is 0.0436 e. The molecule has 0 bridgehead atoms. The van der Waals surface area contributed by atoms with E-state index in [0.29, 0.717) is 6.04 Å². The first kappa shape index (κ1) is 7.47. The molecule has 0 fully saturated rings. The molecule has 0 aliphatic heterocycles. The lowest BCUT2D eigenvalue weighted by Gasteiger charge is -2.18. The van der Waals surface area contributed by atoms with Gasteiger partial charge in [-0.05, 0) is 13.3 Å². The topological polar surface area (TPSA) is 15.6 Å². The molecule has 0 aliphatic rings. The molecule has 8 heavy (non-hydrogen) atoms. The molecule has 0 saturated heterocycles. The van der Waals surface area contributed by atoms with Crippen molar-refractivity contribution in [2.75, 3.05) is 7.05 Å². The highest BCUT2D eigenvalue weighted by Gasteiger charge is 1.99. The summed E-state index contributed by atoms with van der Waals surface area (Å²) in [4.78, 5) is 0. The molecule has 0 amide bonds. The maximum absolute atomic E-state index is 3.74. The summed E-state index contributed by atoms with van der Waals surface area (Å²) >= 11 is 0. The maximum atomic E-state index is 3.74. The van der Waals surface area contributed by atoms with Crippen LogP contribution < -0.4 is 0 Å². The summed E-state index contributed by atoms with van der Waals surface area (Å²) in [6.45, 7) is 7.66. The van der Waals surface area contributed by atoms with Gasteiger partial charge in [0.2, 0.25) is 0 Å². The monoisotopic (exact) mass is 114 g/mol. The van der Waals surface area contributed by atoms with Gasteiger partial charge in [-0.15, -0.1) is 0 Å². The van der Waals surface area contributed by atoms with Gasteiger partial charge in [-0.1, -0.05) is 6.92 Å². The zero-order valence-corrected chi connectivity index (χ0v) is 5.89. The average molecular weight is 114 g/mol. The Balaban J connectivity index is 3.44. The molecule has 0 spiro atoms. The van der Waals surface area contributed by atoms with Crippen molar-refractivity contribution < 1.29 is 0 Å². The standard InChI is InChI=1S/C6H14N2/c1-5-6(2)8(4)7-3/h6H,3,5H2,1-2,4H3. The molecule has 1 atom stereocenters. The third-order valence-corrected chi connectivity index (χ3v) is 1.45. The van der Waals surface area contributed by atoms with Crippen molar-refractivity contribution >= 4 is 6.72 Å². The number of hydrazone groups is 1. The van der Waals surface area contributed by atoms with Crippen molar-refractivity contribution in [3.63, 3.8) is 0 Å². The minimum absolute atomic E-state index is 0.521. The van der Waals surface area contributed by atoms with Gasteiger partial charge in [-0.25, -0.2) is 0 Å². The molecule has 0 radical (unpaired) electrons. The Morgan fingerprint density at radius 2 is 2.25 bits per heavy atom. The third kappa shape index (κ3) is 1.96. The summed E-state index contributed by atoms with van der Waals surface area (Å²) in [5.74, 6) is 0. The van der Waals surface area contributed by atoms with Crippen molar-refractivity contribution in [2.24, 2.45) is 5.10 Å². The SMILES string of the molecule is C=NN(C)C(C)CC. The number of hydrogen-bond acceptors (Lipinski definition) is 2. The molecule has 2 heteroatoms. The first-order valence-corrected chi connectivity index (χ1v) is 2.91. The van der Waals surface area contributed by atoms with E-state index in [0.717, 1.165) is 6.42 Å². The van der Waals surface area contributed by atoms with Gasteiger partial charge in [-0.2, -0.15) is 5.10 Å². The van der Waals surface area contributed by atoms with E-state index in [1.165, 1.54) is 0 Å². The van der Waals surface area contributed by atoms with Gasteiger partial charge in [0.15, 0.2) is 0 Å². The largest absolute Gasteiger partial charge is 0.298 e. The fraction of sp³-hybridized carbons (Fsp3) is 0.833. The molecule has 0 N–H and O–H groups in total. The minimum Gasteiger partial charge on any atom is -0.298 e. The quantitative estimate of drug-likeness (QED) is 0.399. The lowest BCUT2D eigenvalue weighted by atomic mass is 10.3. The van der Waals surface area contributed by atoms with E-state index < -0.39 is 0 Å². The zero-order valence-electron chi connectivity index (χ0n) is 5.89. The predicted octanol–water partition coefficient (Wildman–Crippen LogP) is 1.33. The highest BCUT2D eigenvalue weighted by Crippen LogP contribution is 1.97. The molecule has 1 unspecified atom stereocenters. The molecule has 0 saturated carbocycles. The molecule has 0 aromatic rings. The molecule has 0 heterocycles. The van der Waals surface area contributed by atoms with Crippen LogP contribution in [-0.4, -0.2) is 24.8 Å². The Hall–Kier alpha value is -0.530. The summed E-state index contributed by atoms with van der Waals surface area (Å²) in [6, 6.07) is 0.521. The van der Waals surface area contributed by atoms with Crippen molar-refractivity contribution in [2.45, 2.75) is 26.3 Å². The first-order chi connectivity index (χ1) is 3.72. The van der Waals surface area contributed by atoms with Crippen LogP contribution in [0.5, 0.6) is 0 Å². The van der Waals surface area contributed by atoms with E-state index in [9.17, 15) is 0 Å². The Morgan fingerprint density at radius 1 is 1.75 bits per heavy atom. The second-order valence-electron chi connectivity index (χ2n) is 1.97. The van der Waals surface area contributed by atoms with Gasteiger partial charge in [0.05, 0.1) is 0 Å². The molecule has 0 aromatic heterocycles. The highest BCUT2D eigenvalue weighted by atomic mass is 15.4. The number of nitrogens with zero attached hydrogens (tertiary/aromatic N) is 2. The molecule has 0 aliphatic carbocycles. The molecular weight excluding hydrogens is 100 g/mol. The van der Waals surface area contributed by atoms with Crippen LogP contribution in [0, 0.1) is 0 Å². The van der Waals surface area contributed by atoms with E-state index in [-0.39, 0.29) is 0 Å². The Bertz CT molecular complexity index is 70.9. The van der Waals surface area contributed by atoms with Crippen LogP contribution in [0.15, 0.2) is 5.10 Å². The predicted molar refractivity (Wildman–Crippen MR) is 37.1 cm³/mol. The van der Waals surface area contributed by atoms with Crippen molar-refractivity contribution in [3.8, 4) is 0 Å². The molecule has 48 valence electrons. The summed E-state index contributed by atoms with van der Waals surface area (Å²) in [5, 5.41) is 5.60. The second-order valence-corrected chi connectivity index (χ2v) is 1.97. The van der Waals surface area contributed by atoms with Gasteiger partial charge < -0.3 is 0 Å². The normalized spacial score (nSPS) is 12.9. The van der Waals surface area contributed by atoms with Crippen molar-refractivity contribution in [1.29, 1.82) is 0 Å². The van der Waals surface area contributed by atoms with Gasteiger partial charge >= 0.3 is 0 Å². The van der Waals surface area contributed by atoms with E-state index in [4.69, 9.17) is 0 Å². The van der Waals surface area contributed by atoms with Crippen LogP contribution in [0.3, 0.4) is 0 Å². The highest BCUT2D eigenvalue weighted by molar-refractivity contribution is 5.22. The van der Waals surface area contributed by atoms with Crippen LogP contribution >= 0.6 is 0 Å². The summed E-state index contributed by atoms with van der Waals surface area (Å²) < 4.78 is 0. The van der Waals surface area contributed by atoms with Gasteiger partial charge in [0.25, 0.3) is 0 Å². The number of rotatable bonds is 3. The van der Waals surface area contributed by atoms with E-state index in [1.54, 1.807) is 0 Å². The van der Waals surface area contributed by atoms with Crippen LogP contribution in [0.25, 0.3) is 0 Å². The fourth-order valence-electron chi connectivity index (χ4n) is 0.404. The van der Waals surface area contributed by atoms with Gasteiger partial charge in [0.1, 0.15) is 0 Å². The van der Waals surface area contributed by atoms with Gasteiger partial charge in [-0.3, -0.25) is 5.01 Å². The summed E-state index contributed by atoms with van der Waals surface area (Å²) in [7, 11) is 1.93. The lowest BCUT2D eigenvalue weighted by Crippen LogP contribution is -2.22. The minimum atomic E-state index is 0.521. The van der Waals surface area contributed by atoms with Crippen LogP contribution in [-0.2, 0) is 0 Å². The average Bonchev–Trinajstić information content (AvgIpc) is 1.84. The van der Waals surface area contributed by atoms with E-state index in [2.05, 4.69) is 25.7 Å². The first-order valence-electron chi connectivity index (χ1n) is 2.91. The molecule has 0 rings (SSSR count). The summed E-state index contributed by atoms with van der Waals surface area (Å²) in [5.41, 5.74) is 0. The van der Waals surface area contributed by atoms with Crippen LogP contribution in [0.4, 0.5) is 0 Å². The number of hydrogen-bond donors (Lipinski definition) is 0. The second kappa shape index (κ2) is 3.47. The summed E-state index contributed by atoms with van der Waals surface area (Å²) in [6.07, 6.45) is 1.12. The van der Waals surface area contributed by atoms with Gasteiger partial charge in [0, 0.05) is 19.8 Å². The van der Waals surface area contributed by atoms with Crippen LogP contribution in [0.1, 0.15) is 20.3 Å². The van der Waals surface area contributed by atoms with Crippen LogP contribution in [0.2, 0.25) is 0 Å². The zero-order chi connectivity index (χ0) is 6.57. The van der Waals surface area contributed by atoms with Crippen molar-refractivity contribution in [1.82, 2.24) is 5.01 Å². The molecule has 2 nitrogen and oxygen atoms in total. The van der Waals surface area contributed by atoms with Crippen molar-refractivity contribution in [3.05, 3.63) is 0 Å². The Morgan fingerprint density at radius 3 is 2.38 bits per heavy atom. The maximum Gasteiger partial charge on any atom is 0.0436 e. The molecular formula is C6H14N2.